The third-order valence-electron chi connectivity index (χ3n) is 2.49. The van der Waals surface area contributed by atoms with Crippen molar-refractivity contribution in [1.29, 1.82) is 0 Å². The fourth-order valence-electron chi connectivity index (χ4n) is 1.41. The van der Waals surface area contributed by atoms with E-state index in [0.29, 0.717) is 0 Å². The number of carbonyl (C=O) groups excluding carboxylic acids is 2. The lowest BCUT2D eigenvalue weighted by Crippen LogP contribution is -2.46. The molecule has 9 heteroatoms. The van der Waals surface area contributed by atoms with E-state index in [1.807, 2.05) is 0 Å². The van der Waals surface area contributed by atoms with E-state index < -0.39 is 36.9 Å². The Hall–Kier alpha value is -1.80. The third-order valence-corrected chi connectivity index (χ3v) is 2.49. The molecule has 1 unspecified atom stereocenters. The maximum Gasteiger partial charge on any atom is 0.389 e. The summed E-state index contributed by atoms with van der Waals surface area (Å²) in [5.74, 6) is -2.62. The predicted molar refractivity (Wildman–Crippen MR) is 62.8 cm³/mol. The van der Waals surface area contributed by atoms with Crippen LogP contribution in [0.2, 0.25) is 0 Å². The first kappa shape index (κ1) is 18.2. The molecule has 116 valence electrons. The number of halogens is 3. The molecule has 0 fully saturated rings. The molecular formula is C11H17F3N2O4. The van der Waals surface area contributed by atoms with Crippen LogP contribution in [0.15, 0.2) is 0 Å². The van der Waals surface area contributed by atoms with E-state index in [2.05, 4.69) is 5.32 Å². The lowest BCUT2D eigenvalue weighted by Gasteiger charge is -2.26. The van der Waals surface area contributed by atoms with Crippen LogP contribution < -0.4 is 5.32 Å². The summed E-state index contributed by atoms with van der Waals surface area (Å²) in [5, 5.41) is 11.2. The standard InChI is InChI=1S/C11H17F3N2O4/c1-7(10(19)20)16(6-5-15-8(2)17)9(18)3-4-11(12,13)14/h7H,3-6H2,1-2H3,(H,15,17)(H,19,20). The second kappa shape index (κ2) is 7.71. The molecule has 2 N–H and O–H groups in total. The summed E-state index contributed by atoms with van der Waals surface area (Å²) in [6.45, 7) is 2.24. The predicted octanol–water partition coefficient (Wildman–Crippen LogP) is 0.767. The van der Waals surface area contributed by atoms with Crippen LogP contribution in [0.4, 0.5) is 13.2 Å². The van der Waals surface area contributed by atoms with Gasteiger partial charge in [0.25, 0.3) is 0 Å². The van der Waals surface area contributed by atoms with Gasteiger partial charge < -0.3 is 15.3 Å². The summed E-state index contributed by atoms with van der Waals surface area (Å²) >= 11 is 0. The average Bonchev–Trinajstić information content (AvgIpc) is 2.29. The van der Waals surface area contributed by atoms with Gasteiger partial charge in [-0.05, 0) is 6.92 Å². The average molecular weight is 298 g/mol. The maximum absolute atomic E-state index is 12.1. The first-order chi connectivity index (χ1) is 9.04. The Labute approximate surface area is 113 Å². The van der Waals surface area contributed by atoms with Gasteiger partial charge in [0, 0.05) is 26.4 Å². The Bertz CT molecular complexity index is 371. The van der Waals surface area contributed by atoms with Gasteiger partial charge in [-0.3, -0.25) is 9.59 Å². The van der Waals surface area contributed by atoms with Gasteiger partial charge in [0.2, 0.25) is 11.8 Å². The van der Waals surface area contributed by atoms with Gasteiger partial charge in [0.15, 0.2) is 0 Å². The molecule has 0 radical (unpaired) electrons. The summed E-state index contributed by atoms with van der Waals surface area (Å²) in [4.78, 5) is 34.0. The van der Waals surface area contributed by atoms with Crippen molar-refractivity contribution in [2.75, 3.05) is 13.1 Å². The van der Waals surface area contributed by atoms with Crippen molar-refractivity contribution in [3.63, 3.8) is 0 Å². The molecule has 0 rings (SSSR count). The Morgan fingerprint density at radius 2 is 1.85 bits per heavy atom. The smallest absolute Gasteiger partial charge is 0.389 e. The van der Waals surface area contributed by atoms with Crippen LogP contribution in [0.5, 0.6) is 0 Å². The van der Waals surface area contributed by atoms with Crippen LogP contribution in [0.1, 0.15) is 26.7 Å². The molecule has 0 saturated carbocycles. The number of carboxylic acid groups (broad SMARTS) is 1. The van der Waals surface area contributed by atoms with Crippen LogP contribution >= 0.6 is 0 Å². The van der Waals surface area contributed by atoms with Crippen LogP contribution in [-0.2, 0) is 14.4 Å². The molecule has 0 aliphatic rings. The number of rotatable bonds is 7. The van der Waals surface area contributed by atoms with E-state index in [1.165, 1.54) is 13.8 Å². The second-order valence-corrected chi connectivity index (χ2v) is 4.20. The van der Waals surface area contributed by atoms with Crippen molar-refractivity contribution in [3.8, 4) is 0 Å². The van der Waals surface area contributed by atoms with Gasteiger partial charge in [0.1, 0.15) is 6.04 Å². The molecule has 0 aromatic carbocycles. The topological polar surface area (TPSA) is 86.7 Å². The molecule has 1 atom stereocenters. The molecule has 6 nitrogen and oxygen atoms in total. The summed E-state index contributed by atoms with van der Waals surface area (Å²) < 4.78 is 36.2. The van der Waals surface area contributed by atoms with Crippen molar-refractivity contribution in [1.82, 2.24) is 10.2 Å². The lowest BCUT2D eigenvalue weighted by atomic mass is 10.2. The fraction of sp³-hybridized carbons (Fsp3) is 0.727. The number of aliphatic carboxylic acids is 1. The maximum atomic E-state index is 12.1. The zero-order valence-corrected chi connectivity index (χ0v) is 11.2. The second-order valence-electron chi connectivity index (χ2n) is 4.20. The molecule has 0 aliphatic heterocycles. The first-order valence-corrected chi connectivity index (χ1v) is 5.88. The zero-order valence-electron chi connectivity index (χ0n) is 11.2. The normalized spacial score (nSPS) is 12.7. The van der Waals surface area contributed by atoms with Gasteiger partial charge in [-0.1, -0.05) is 0 Å². The summed E-state index contributed by atoms with van der Waals surface area (Å²) in [6.07, 6.45) is -6.61. The minimum atomic E-state index is -4.48. The summed E-state index contributed by atoms with van der Waals surface area (Å²) in [6, 6.07) is -1.26. The van der Waals surface area contributed by atoms with E-state index >= 15 is 0 Å². The van der Waals surface area contributed by atoms with Crippen LogP contribution in [-0.4, -0.2) is 53.1 Å². The number of carboxylic acids is 1. The highest BCUT2D eigenvalue weighted by molar-refractivity contribution is 5.83. The number of amides is 2. The molecule has 0 heterocycles. The van der Waals surface area contributed by atoms with E-state index in [0.717, 1.165) is 4.90 Å². The molecule has 0 saturated heterocycles. The van der Waals surface area contributed by atoms with Crippen LogP contribution in [0, 0.1) is 0 Å². The Morgan fingerprint density at radius 1 is 1.30 bits per heavy atom. The highest BCUT2D eigenvalue weighted by Crippen LogP contribution is 2.22. The molecule has 0 aromatic rings. The van der Waals surface area contributed by atoms with Crippen molar-refractivity contribution < 1.29 is 32.7 Å². The number of nitrogens with one attached hydrogen (secondary N) is 1. The largest absolute Gasteiger partial charge is 0.480 e. The Morgan fingerprint density at radius 3 is 2.25 bits per heavy atom. The number of hydrogen-bond acceptors (Lipinski definition) is 3. The minimum Gasteiger partial charge on any atom is -0.480 e. The van der Waals surface area contributed by atoms with Crippen molar-refractivity contribution in [2.24, 2.45) is 0 Å². The quantitative estimate of drug-likeness (QED) is 0.726. The highest BCUT2D eigenvalue weighted by Gasteiger charge is 2.31. The van der Waals surface area contributed by atoms with E-state index in [9.17, 15) is 27.6 Å². The fourth-order valence-corrected chi connectivity index (χ4v) is 1.41. The van der Waals surface area contributed by atoms with Crippen molar-refractivity contribution in [2.45, 2.75) is 38.9 Å². The van der Waals surface area contributed by atoms with Gasteiger partial charge >= 0.3 is 12.1 Å². The summed E-state index contributed by atoms with van der Waals surface area (Å²) in [5.41, 5.74) is 0. The SMILES string of the molecule is CC(=O)NCCN(C(=O)CCC(F)(F)F)C(C)C(=O)O. The zero-order chi connectivity index (χ0) is 15.9. The van der Waals surface area contributed by atoms with Crippen LogP contribution in [0.3, 0.4) is 0 Å². The molecule has 2 amide bonds. The van der Waals surface area contributed by atoms with E-state index in [1.54, 1.807) is 0 Å². The molecule has 20 heavy (non-hydrogen) atoms. The first-order valence-electron chi connectivity index (χ1n) is 5.88. The van der Waals surface area contributed by atoms with Gasteiger partial charge in [-0.2, -0.15) is 13.2 Å². The van der Waals surface area contributed by atoms with Crippen molar-refractivity contribution in [3.05, 3.63) is 0 Å². The van der Waals surface area contributed by atoms with Gasteiger partial charge in [-0.15, -0.1) is 0 Å². The van der Waals surface area contributed by atoms with Gasteiger partial charge in [0.05, 0.1) is 6.42 Å². The number of carbonyl (C=O) groups is 3. The van der Waals surface area contributed by atoms with Crippen molar-refractivity contribution >= 4 is 17.8 Å². The number of nitrogens with zero attached hydrogens (tertiary/aromatic N) is 1. The Balaban J connectivity index is 4.62. The van der Waals surface area contributed by atoms with Crippen LogP contribution in [0.25, 0.3) is 0 Å². The number of hydrogen-bond donors (Lipinski definition) is 2. The third kappa shape index (κ3) is 7.59. The lowest BCUT2D eigenvalue weighted by molar-refractivity contribution is -0.155. The molecule has 0 spiro atoms. The van der Waals surface area contributed by atoms with E-state index in [4.69, 9.17) is 5.11 Å². The molecule has 0 aliphatic carbocycles. The van der Waals surface area contributed by atoms with Gasteiger partial charge in [-0.25, -0.2) is 4.79 Å². The highest BCUT2D eigenvalue weighted by atomic mass is 19.4. The minimum absolute atomic E-state index is 0.0231. The molecule has 0 bridgehead atoms. The molecular weight excluding hydrogens is 281 g/mol. The number of alkyl halides is 3. The Kier molecular flexibility index (Phi) is 7.01. The van der Waals surface area contributed by atoms with E-state index in [-0.39, 0.29) is 19.0 Å². The summed E-state index contributed by atoms with van der Waals surface area (Å²) in [7, 11) is 0. The molecule has 0 aromatic heterocycles. The monoisotopic (exact) mass is 298 g/mol.